The Bertz CT molecular complexity index is 552. The van der Waals surface area contributed by atoms with Crippen LogP contribution in [0.5, 0.6) is 5.75 Å². The van der Waals surface area contributed by atoms with Gasteiger partial charge in [-0.3, -0.25) is 0 Å². The molecule has 2 aromatic rings. The van der Waals surface area contributed by atoms with Crippen molar-refractivity contribution in [3.8, 4) is 5.75 Å². The van der Waals surface area contributed by atoms with Gasteiger partial charge in [0.2, 0.25) is 0 Å². The molecule has 0 spiro atoms. The van der Waals surface area contributed by atoms with Crippen LogP contribution in [0.4, 0.5) is 0 Å². The molecule has 20 heavy (non-hydrogen) atoms. The van der Waals surface area contributed by atoms with Gasteiger partial charge in [-0.15, -0.1) is 0 Å². The van der Waals surface area contributed by atoms with Gasteiger partial charge in [0.25, 0.3) is 0 Å². The molecule has 1 fully saturated rings. The zero-order valence-electron chi connectivity index (χ0n) is 12.5. The number of hydrogen-bond acceptors (Lipinski definition) is 1. The predicted molar refractivity (Wildman–Crippen MR) is 84.3 cm³/mol. The quantitative estimate of drug-likeness (QED) is 0.745. The molecule has 1 aliphatic rings. The molecule has 0 bridgehead atoms. The highest BCUT2D eigenvalue weighted by Crippen LogP contribution is 2.30. The lowest BCUT2D eigenvalue weighted by atomic mass is 9.89. The number of fused-ring (bicyclic) bond motifs is 1. The van der Waals surface area contributed by atoms with Gasteiger partial charge in [0.05, 0.1) is 12.1 Å². The van der Waals surface area contributed by atoms with E-state index in [1.807, 2.05) is 0 Å². The van der Waals surface area contributed by atoms with Crippen LogP contribution >= 0.6 is 0 Å². The van der Waals surface area contributed by atoms with Crippen LogP contribution in [0, 0.1) is 5.92 Å². The van der Waals surface area contributed by atoms with Crippen LogP contribution in [0.3, 0.4) is 0 Å². The smallest absolute Gasteiger partial charge is 0.128 e. The molecule has 0 N–H and O–H groups in total. The summed E-state index contributed by atoms with van der Waals surface area (Å²) in [6.45, 7) is 4.11. The molecule has 108 valence electrons. The van der Waals surface area contributed by atoms with E-state index in [4.69, 9.17) is 4.74 Å². The van der Waals surface area contributed by atoms with Crippen molar-refractivity contribution in [1.29, 1.82) is 0 Å². The third-order valence-electron chi connectivity index (χ3n) is 4.42. The fourth-order valence-corrected chi connectivity index (χ4v) is 3.34. The lowest BCUT2D eigenvalue weighted by Gasteiger charge is -2.22. The Hall–Kier alpha value is -1.44. The summed E-state index contributed by atoms with van der Waals surface area (Å²) in [5, 5.41) is 1.26. The van der Waals surface area contributed by atoms with E-state index >= 15 is 0 Å². The van der Waals surface area contributed by atoms with E-state index in [1.165, 1.54) is 49.6 Å². The molecule has 1 aromatic heterocycles. The summed E-state index contributed by atoms with van der Waals surface area (Å²) in [4.78, 5) is 0. The van der Waals surface area contributed by atoms with Crippen molar-refractivity contribution in [2.75, 3.05) is 6.61 Å². The summed E-state index contributed by atoms with van der Waals surface area (Å²) in [5.41, 5.74) is 1.32. The van der Waals surface area contributed by atoms with Crippen LogP contribution in [0.15, 0.2) is 30.5 Å². The molecule has 1 aromatic carbocycles. The minimum Gasteiger partial charge on any atom is -0.493 e. The van der Waals surface area contributed by atoms with Gasteiger partial charge < -0.3 is 9.30 Å². The number of benzene rings is 1. The average Bonchev–Trinajstić information content (AvgIpc) is 2.90. The molecule has 3 rings (SSSR count). The second kappa shape index (κ2) is 6.34. The first-order chi connectivity index (χ1) is 9.88. The highest BCUT2D eigenvalue weighted by Gasteiger charge is 2.15. The highest BCUT2D eigenvalue weighted by molar-refractivity contribution is 5.86. The van der Waals surface area contributed by atoms with Crippen LogP contribution in [-0.2, 0) is 6.54 Å². The molecule has 0 atom stereocenters. The maximum atomic E-state index is 5.86. The lowest BCUT2D eigenvalue weighted by molar-refractivity contribution is 0.320. The molecule has 0 radical (unpaired) electrons. The van der Waals surface area contributed by atoms with E-state index in [1.54, 1.807) is 0 Å². The van der Waals surface area contributed by atoms with E-state index in [2.05, 4.69) is 42.0 Å². The van der Waals surface area contributed by atoms with Gasteiger partial charge in [0.1, 0.15) is 5.75 Å². The Morgan fingerprint density at radius 2 is 2.00 bits per heavy atom. The van der Waals surface area contributed by atoms with Crippen molar-refractivity contribution in [1.82, 2.24) is 4.57 Å². The monoisotopic (exact) mass is 271 g/mol. The molecule has 1 heterocycles. The fraction of sp³-hybridized carbons (Fsp3) is 0.556. The molecular formula is C18H25NO. The third kappa shape index (κ3) is 2.84. The lowest BCUT2D eigenvalue weighted by Crippen LogP contribution is -2.13. The SMILES string of the molecule is CCCOc1cccc2c1ccn2CC1CCCCC1. The Morgan fingerprint density at radius 1 is 1.15 bits per heavy atom. The minimum atomic E-state index is 0.799. The van der Waals surface area contributed by atoms with Crippen molar-refractivity contribution in [3.63, 3.8) is 0 Å². The Kier molecular flexibility index (Phi) is 4.29. The molecule has 1 saturated carbocycles. The van der Waals surface area contributed by atoms with E-state index in [0.717, 1.165) is 24.7 Å². The van der Waals surface area contributed by atoms with Crippen molar-refractivity contribution in [2.24, 2.45) is 5.92 Å². The summed E-state index contributed by atoms with van der Waals surface area (Å²) in [5.74, 6) is 1.89. The van der Waals surface area contributed by atoms with E-state index in [9.17, 15) is 0 Å². The molecular weight excluding hydrogens is 246 g/mol. The van der Waals surface area contributed by atoms with Crippen molar-refractivity contribution >= 4 is 10.9 Å². The summed E-state index contributed by atoms with van der Waals surface area (Å²) < 4.78 is 8.28. The van der Waals surface area contributed by atoms with E-state index in [-0.39, 0.29) is 0 Å². The number of hydrogen-bond donors (Lipinski definition) is 0. The van der Waals surface area contributed by atoms with Crippen LogP contribution < -0.4 is 4.74 Å². The predicted octanol–water partition coefficient (Wildman–Crippen LogP) is 5.01. The summed E-state index contributed by atoms with van der Waals surface area (Å²) >= 11 is 0. The van der Waals surface area contributed by atoms with Gasteiger partial charge in [-0.2, -0.15) is 0 Å². The zero-order chi connectivity index (χ0) is 13.8. The Morgan fingerprint density at radius 3 is 2.80 bits per heavy atom. The van der Waals surface area contributed by atoms with Crippen LogP contribution in [-0.4, -0.2) is 11.2 Å². The number of ether oxygens (including phenoxy) is 1. The average molecular weight is 271 g/mol. The number of aromatic nitrogens is 1. The standard InChI is InChI=1S/C18H25NO/c1-2-13-20-18-10-6-9-17-16(18)11-12-19(17)14-15-7-4-3-5-8-15/h6,9-12,15H,2-5,7-8,13-14H2,1H3. The van der Waals surface area contributed by atoms with Gasteiger partial charge in [-0.25, -0.2) is 0 Å². The minimum absolute atomic E-state index is 0.799. The van der Waals surface area contributed by atoms with Gasteiger partial charge >= 0.3 is 0 Å². The van der Waals surface area contributed by atoms with Gasteiger partial charge in [0.15, 0.2) is 0 Å². The molecule has 1 aliphatic carbocycles. The fourth-order valence-electron chi connectivity index (χ4n) is 3.34. The normalized spacial score (nSPS) is 16.6. The molecule has 2 nitrogen and oxygen atoms in total. The highest BCUT2D eigenvalue weighted by atomic mass is 16.5. The first kappa shape index (κ1) is 13.5. The number of nitrogens with zero attached hydrogens (tertiary/aromatic N) is 1. The summed E-state index contributed by atoms with van der Waals surface area (Å²) in [7, 11) is 0. The molecule has 0 aliphatic heterocycles. The molecule has 0 amide bonds. The summed E-state index contributed by atoms with van der Waals surface area (Å²) in [6, 6.07) is 8.63. The molecule has 2 heteroatoms. The molecule has 0 saturated heterocycles. The first-order valence-corrected chi connectivity index (χ1v) is 8.09. The summed E-state index contributed by atoms with van der Waals surface area (Å²) in [6.07, 6.45) is 10.3. The van der Waals surface area contributed by atoms with Crippen LogP contribution in [0.1, 0.15) is 45.4 Å². The maximum Gasteiger partial charge on any atom is 0.128 e. The van der Waals surface area contributed by atoms with Crippen molar-refractivity contribution in [3.05, 3.63) is 30.5 Å². The second-order valence-electron chi connectivity index (χ2n) is 6.01. The second-order valence-corrected chi connectivity index (χ2v) is 6.01. The zero-order valence-corrected chi connectivity index (χ0v) is 12.5. The third-order valence-corrected chi connectivity index (χ3v) is 4.42. The number of rotatable bonds is 5. The molecule has 0 unspecified atom stereocenters. The van der Waals surface area contributed by atoms with E-state index in [0.29, 0.717) is 0 Å². The van der Waals surface area contributed by atoms with Crippen molar-refractivity contribution in [2.45, 2.75) is 52.0 Å². The first-order valence-electron chi connectivity index (χ1n) is 8.09. The largest absolute Gasteiger partial charge is 0.493 e. The van der Waals surface area contributed by atoms with Gasteiger partial charge in [-0.05, 0) is 43.4 Å². The van der Waals surface area contributed by atoms with Crippen LogP contribution in [0.25, 0.3) is 10.9 Å². The Labute approximate surface area is 121 Å². The van der Waals surface area contributed by atoms with Gasteiger partial charge in [-0.1, -0.05) is 32.3 Å². The Balaban J connectivity index is 1.81. The maximum absolute atomic E-state index is 5.86. The van der Waals surface area contributed by atoms with E-state index < -0.39 is 0 Å². The van der Waals surface area contributed by atoms with Gasteiger partial charge in [0, 0.05) is 18.1 Å². The topological polar surface area (TPSA) is 14.2 Å². The van der Waals surface area contributed by atoms with Crippen molar-refractivity contribution < 1.29 is 4.74 Å². The van der Waals surface area contributed by atoms with Crippen LogP contribution in [0.2, 0.25) is 0 Å².